The summed E-state index contributed by atoms with van der Waals surface area (Å²) in [6, 6.07) is 6.56. The Hall–Kier alpha value is -1.22. The lowest BCUT2D eigenvalue weighted by Crippen LogP contribution is -2.16. The molecule has 2 N–H and O–H groups in total. The van der Waals surface area contributed by atoms with E-state index in [4.69, 9.17) is 9.84 Å². The fourth-order valence-corrected chi connectivity index (χ4v) is 1.18. The number of phenols is 1. The van der Waals surface area contributed by atoms with Crippen LogP contribution in [-0.2, 0) is 0 Å². The summed E-state index contributed by atoms with van der Waals surface area (Å²) < 4.78 is 5.29. The highest BCUT2D eigenvalue weighted by Crippen LogP contribution is 2.17. The number of aromatic hydroxyl groups is 1. The van der Waals surface area contributed by atoms with Gasteiger partial charge in [0.05, 0.1) is 6.10 Å². The van der Waals surface area contributed by atoms with E-state index in [1.165, 1.54) is 6.07 Å². The number of aliphatic hydroxyl groups is 1. The molecule has 0 fully saturated rings. The zero-order valence-electron chi connectivity index (χ0n) is 8.31. The zero-order valence-corrected chi connectivity index (χ0v) is 8.31. The molecule has 1 rings (SSSR count). The summed E-state index contributed by atoms with van der Waals surface area (Å²) >= 11 is 0. The molecule has 3 nitrogen and oxygen atoms in total. The normalized spacial score (nSPS) is 12.4. The summed E-state index contributed by atoms with van der Waals surface area (Å²) in [5.74, 6) is 0.757. The summed E-state index contributed by atoms with van der Waals surface area (Å²) in [6.45, 7) is 2.29. The van der Waals surface area contributed by atoms with Gasteiger partial charge in [0.15, 0.2) is 0 Å². The molecule has 0 saturated heterocycles. The minimum Gasteiger partial charge on any atom is -0.508 e. The summed E-state index contributed by atoms with van der Waals surface area (Å²) in [6.07, 6.45) is 1.24. The summed E-state index contributed by atoms with van der Waals surface area (Å²) in [7, 11) is 0. The van der Waals surface area contributed by atoms with Gasteiger partial charge in [-0.2, -0.15) is 0 Å². The van der Waals surface area contributed by atoms with Gasteiger partial charge in [-0.3, -0.25) is 0 Å². The van der Waals surface area contributed by atoms with Crippen LogP contribution in [0.4, 0.5) is 0 Å². The summed E-state index contributed by atoms with van der Waals surface area (Å²) in [5, 5.41) is 18.5. The first kappa shape index (κ1) is 10.9. The van der Waals surface area contributed by atoms with E-state index in [0.717, 1.165) is 12.8 Å². The summed E-state index contributed by atoms with van der Waals surface area (Å²) in [5.41, 5.74) is 0. The number of aliphatic hydroxyl groups excluding tert-OH is 1. The zero-order chi connectivity index (χ0) is 10.4. The summed E-state index contributed by atoms with van der Waals surface area (Å²) in [4.78, 5) is 0. The fourth-order valence-electron chi connectivity index (χ4n) is 1.18. The van der Waals surface area contributed by atoms with Crippen molar-refractivity contribution in [2.24, 2.45) is 0 Å². The second-order valence-corrected chi connectivity index (χ2v) is 3.25. The van der Waals surface area contributed by atoms with Crippen molar-refractivity contribution in [1.82, 2.24) is 0 Å². The second kappa shape index (κ2) is 5.50. The van der Waals surface area contributed by atoms with Gasteiger partial charge >= 0.3 is 0 Å². The van der Waals surface area contributed by atoms with Crippen LogP contribution in [0.15, 0.2) is 24.3 Å². The second-order valence-electron chi connectivity index (χ2n) is 3.25. The van der Waals surface area contributed by atoms with Crippen LogP contribution in [0.5, 0.6) is 11.5 Å². The Morgan fingerprint density at radius 2 is 2.21 bits per heavy atom. The number of ether oxygens (including phenoxy) is 1. The Bertz CT molecular complexity index is 273. The molecule has 1 unspecified atom stereocenters. The molecule has 78 valence electrons. The lowest BCUT2D eigenvalue weighted by molar-refractivity contribution is 0.0992. The topological polar surface area (TPSA) is 49.7 Å². The molecule has 14 heavy (non-hydrogen) atoms. The number of benzene rings is 1. The average Bonchev–Trinajstić information content (AvgIpc) is 2.15. The van der Waals surface area contributed by atoms with Crippen LogP contribution >= 0.6 is 0 Å². The van der Waals surface area contributed by atoms with E-state index in [9.17, 15) is 5.11 Å². The standard InChI is InChI=1S/C11H16O3/c1-2-4-10(13)8-14-11-6-3-5-9(12)7-11/h3,5-7,10,12-13H,2,4,8H2,1H3. The van der Waals surface area contributed by atoms with Crippen LogP contribution in [0, 0.1) is 0 Å². The molecule has 0 aliphatic carbocycles. The highest BCUT2D eigenvalue weighted by Gasteiger charge is 2.03. The molecule has 1 atom stereocenters. The first-order valence-corrected chi connectivity index (χ1v) is 4.82. The van der Waals surface area contributed by atoms with Crippen LogP contribution in [0.3, 0.4) is 0 Å². The van der Waals surface area contributed by atoms with E-state index in [1.54, 1.807) is 18.2 Å². The van der Waals surface area contributed by atoms with Crippen molar-refractivity contribution in [3.8, 4) is 11.5 Å². The van der Waals surface area contributed by atoms with Gasteiger partial charge in [-0.05, 0) is 18.6 Å². The van der Waals surface area contributed by atoms with Crippen LogP contribution in [0.25, 0.3) is 0 Å². The number of hydrogen-bond acceptors (Lipinski definition) is 3. The predicted molar refractivity (Wildman–Crippen MR) is 54.5 cm³/mol. The quantitative estimate of drug-likeness (QED) is 0.756. The highest BCUT2D eigenvalue weighted by atomic mass is 16.5. The Kier molecular flexibility index (Phi) is 4.26. The number of rotatable bonds is 5. The van der Waals surface area contributed by atoms with Crippen LogP contribution in [0.1, 0.15) is 19.8 Å². The van der Waals surface area contributed by atoms with Crippen molar-refractivity contribution >= 4 is 0 Å². The molecular weight excluding hydrogens is 180 g/mol. The Morgan fingerprint density at radius 1 is 1.43 bits per heavy atom. The fraction of sp³-hybridized carbons (Fsp3) is 0.455. The molecule has 0 aliphatic rings. The molecule has 3 heteroatoms. The Balaban J connectivity index is 2.37. The third-order valence-corrected chi connectivity index (χ3v) is 1.88. The lowest BCUT2D eigenvalue weighted by Gasteiger charge is -2.11. The van der Waals surface area contributed by atoms with Gasteiger partial charge in [0.25, 0.3) is 0 Å². The molecule has 0 saturated carbocycles. The molecule has 0 aliphatic heterocycles. The molecule has 0 spiro atoms. The minimum atomic E-state index is -0.428. The predicted octanol–water partition coefficient (Wildman–Crippen LogP) is 1.93. The van der Waals surface area contributed by atoms with Gasteiger partial charge in [0, 0.05) is 6.07 Å². The van der Waals surface area contributed by atoms with Gasteiger partial charge in [-0.15, -0.1) is 0 Å². The van der Waals surface area contributed by atoms with Gasteiger partial charge in [-0.25, -0.2) is 0 Å². The van der Waals surface area contributed by atoms with Crippen LogP contribution in [-0.4, -0.2) is 22.9 Å². The monoisotopic (exact) mass is 196 g/mol. The maximum atomic E-state index is 9.39. The lowest BCUT2D eigenvalue weighted by atomic mass is 10.2. The van der Waals surface area contributed by atoms with E-state index in [1.807, 2.05) is 6.92 Å². The third-order valence-electron chi connectivity index (χ3n) is 1.88. The van der Waals surface area contributed by atoms with Crippen LogP contribution < -0.4 is 4.74 Å². The van der Waals surface area contributed by atoms with Gasteiger partial charge in [0.1, 0.15) is 18.1 Å². The molecule has 1 aromatic rings. The van der Waals surface area contributed by atoms with E-state index in [0.29, 0.717) is 5.75 Å². The van der Waals surface area contributed by atoms with E-state index < -0.39 is 6.10 Å². The first-order chi connectivity index (χ1) is 6.72. The third kappa shape index (κ3) is 3.66. The van der Waals surface area contributed by atoms with Crippen molar-refractivity contribution < 1.29 is 14.9 Å². The molecule has 0 amide bonds. The first-order valence-electron chi connectivity index (χ1n) is 4.82. The van der Waals surface area contributed by atoms with Crippen molar-refractivity contribution in [1.29, 1.82) is 0 Å². The molecule has 0 heterocycles. The molecule has 0 bridgehead atoms. The smallest absolute Gasteiger partial charge is 0.123 e. The largest absolute Gasteiger partial charge is 0.508 e. The average molecular weight is 196 g/mol. The maximum Gasteiger partial charge on any atom is 0.123 e. The van der Waals surface area contributed by atoms with Crippen molar-refractivity contribution in [2.75, 3.05) is 6.61 Å². The minimum absolute atomic E-state index is 0.174. The SMILES string of the molecule is CCCC(O)COc1cccc(O)c1. The van der Waals surface area contributed by atoms with Gasteiger partial charge in [-0.1, -0.05) is 19.4 Å². The van der Waals surface area contributed by atoms with E-state index in [-0.39, 0.29) is 12.4 Å². The maximum absolute atomic E-state index is 9.39. The Labute approximate surface area is 84.0 Å². The molecule has 1 aromatic carbocycles. The number of phenolic OH excluding ortho intramolecular Hbond substituents is 1. The molecule has 0 radical (unpaired) electrons. The Morgan fingerprint density at radius 3 is 2.86 bits per heavy atom. The molecule has 0 aromatic heterocycles. The highest BCUT2D eigenvalue weighted by molar-refractivity contribution is 5.31. The van der Waals surface area contributed by atoms with Crippen molar-refractivity contribution in [3.63, 3.8) is 0 Å². The van der Waals surface area contributed by atoms with Gasteiger partial charge in [0.2, 0.25) is 0 Å². The van der Waals surface area contributed by atoms with Gasteiger partial charge < -0.3 is 14.9 Å². The van der Waals surface area contributed by atoms with Crippen LogP contribution in [0.2, 0.25) is 0 Å². The van der Waals surface area contributed by atoms with E-state index >= 15 is 0 Å². The van der Waals surface area contributed by atoms with Crippen molar-refractivity contribution in [3.05, 3.63) is 24.3 Å². The molecular formula is C11H16O3. The van der Waals surface area contributed by atoms with Crippen molar-refractivity contribution in [2.45, 2.75) is 25.9 Å². The number of hydrogen-bond donors (Lipinski definition) is 2. The van der Waals surface area contributed by atoms with E-state index in [2.05, 4.69) is 0 Å².